The second-order valence-corrected chi connectivity index (χ2v) is 4.78. The van der Waals surface area contributed by atoms with Crippen molar-refractivity contribution in [2.75, 3.05) is 13.1 Å². The molecule has 0 aromatic carbocycles. The zero-order chi connectivity index (χ0) is 9.84. The molecule has 1 unspecified atom stereocenters. The first-order chi connectivity index (χ1) is 6.13. The van der Waals surface area contributed by atoms with E-state index in [4.69, 9.17) is 5.73 Å². The molecular formula is C10H19BrN2. The molecule has 2 nitrogen and oxygen atoms in total. The Labute approximate surface area is 89.1 Å². The molecule has 0 aliphatic carbocycles. The van der Waals surface area contributed by atoms with Crippen molar-refractivity contribution in [3.05, 3.63) is 10.2 Å². The van der Waals surface area contributed by atoms with Crippen LogP contribution in [0, 0.1) is 11.8 Å². The minimum Gasteiger partial charge on any atom is -0.402 e. The molecule has 3 heteroatoms. The molecule has 0 spiro atoms. The number of nitrogens with two attached hydrogens (primary N) is 1. The standard InChI is InChI=1S/C10H19BrN2/c1-7(10(11)8(2)12)9-4-3-5-13-6-9/h7,9,13H,3-6,12H2,1-2H3/b10-8-/t7-,9?/m1/s1. The van der Waals surface area contributed by atoms with Crippen LogP contribution in [0.5, 0.6) is 0 Å². The van der Waals surface area contributed by atoms with Gasteiger partial charge in [0.05, 0.1) is 0 Å². The molecule has 0 bridgehead atoms. The summed E-state index contributed by atoms with van der Waals surface area (Å²) in [6, 6.07) is 0. The average molecular weight is 247 g/mol. The third-order valence-corrected chi connectivity index (χ3v) is 4.17. The Morgan fingerprint density at radius 1 is 1.62 bits per heavy atom. The molecule has 0 saturated carbocycles. The number of rotatable bonds is 2. The van der Waals surface area contributed by atoms with E-state index in [0.717, 1.165) is 18.2 Å². The van der Waals surface area contributed by atoms with Gasteiger partial charge in [-0.25, -0.2) is 0 Å². The van der Waals surface area contributed by atoms with Crippen molar-refractivity contribution in [3.8, 4) is 0 Å². The lowest BCUT2D eigenvalue weighted by Gasteiger charge is -2.28. The lowest BCUT2D eigenvalue weighted by atomic mass is 9.87. The summed E-state index contributed by atoms with van der Waals surface area (Å²) in [7, 11) is 0. The van der Waals surface area contributed by atoms with Crippen molar-refractivity contribution in [2.45, 2.75) is 26.7 Å². The molecule has 3 N–H and O–H groups in total. The fourth-order valence-corrected chi connectivity index (χ4v) is 2.25. The quantitative estimate of drug-likeness (QED) is 0.785. The molecule has 2 atom stereocenters. The second-order valence-electron chi connectivity index (χ2n) is 3.93. The summed E-state index contributed by atoms with van der Waals surface area (Å²) in [5.41, 5.74) is 6.67. The summed E-state index contributed by atoms with van der Waals surface area (Å²) in [6.45, 7) is 6.50. The van der Waals surface area contributed by atoms with Crippen LogP contribution in [0.25, 0.3) is 0 Å². The molecule has 0 amide bonds. The van der Waals surface area contributed by atoms with Gasteiger partial charge in [0, 0.05) is 10.2 Å². The molecule has 76 valence electrons. The zero-order valence-electron chi connectivity index (χ0n) is 8.44. The molecule has 0 radical (unpaired) electrons. The van der Waals surface area contributed by atoms with Crippen LogP contribution in [-0.4, -0.2) is 13.1 Å². The molecule has 0 aromatic heterocycles. The van der Waals surface area contributed by atoms with Crippen molar-refractivity contribution in [3.63, 3.8) is 0 Å². The minimum absolute atomic E-state index is 0.554. The zero-order valence-corrected chi connectivity index (χ0v) is 10.0. The highest BCUT2D eigenvalue weighted by molar-refractivity contribution is 9.11. The SMILES string of the molecule is C/C(N)=C(/Br)[C@H](C)C1CCCNC1. The third-order valence-electron chi connectivity index (χ3n) is 2.82. The van der Waals surface area contributed by atoms with Crippen LogP contribution in [0.4, 0.5) is 0 Å². The number of halogens is 1. The monoisotopic (exact) mass is 246 g/mol. The summed E-state index contributed by atoms with van der Waals surface area (Å²) < 4.78 is 1.18. The number of hydrogen-bond acceptors (Lipinski definition) is 2. The van der Waals surface area contributed by atoms with Crippen LogP contribution in [-0.2, 0) is 0 Å². The highest BCUT2D eigenvalue weighted by Gasteiger charge is 2.22. The van der Waals surface area contributed by atoms with Crippen LogP contribution < -0.4 is 11.1 Å². The predicted octanol–water partition coefficient (Wildman–Crippen LogP) is 2.21. The lowest BCUT2D eigenvalue weighted by molar-refractivity contribution is 0.315. The molecular weight excluding hydrogens is 228 g/mol. The number of hydrogen-bond donors (Lipinski definition) is 2. The van der Waals surface area contributed by atoms with E-state index in [1.165, 1.54) is 23.9 Å². The Kier molecular flexibility index (Phi) is 4.26. The molecule has 1 heterocycles. The van der Waals surface area contributed by atoms with Crippen LogP contribution in [0.15, 0.2) is 10.2 Å². The van der Waals surface area contributed by atoms with Gasteiger partial charge in [0.15, 0.2) is 0 Å². The largest absolute Gasteiger partial charge is 0.402 e. The summed E-state index contributed by atoms with van der Waals surface area (Å²) >= 11 is 3.57. The first-order valence-corrected chi connectivity index (χ1v) is 5.74. The molecule has 1 rings (SSSR count). The third kappa shape index (κ3) is 2.99. The van der Waals surface area contributed by atoms with Crippen LogP contribution in [0.3, 0.4) is 0 Å². The fraction of sp³-hybridized carbons (Fsp3) is 0.800. The highest BCUT2D eigenvalue weighted by Crippen LogP contribution is 2.30. The van der Waals surface area contributed by atoms with Crippen LogP contribution in [0.2, 0.25) is 0 Å². The number of piperidine rings is 1. The average Bonchev–Trinajstić information content (AvgIpc) is 2.17. The van der Waals surface area contributed by atoms with E-state index in [9.17, 15) is 0 Å². The second kappa shape index (κ2) is 5.01. The summed E-state index contributed by atoms with van der Waals surface area (Å²) in [5, 5.41) is 3.43. The first kappa shape index (κ1) is 11.1. The maximum Gasteiger partial charge on any atom is 0.0166 e. The summed E-state index contributed by atoms with van der Waals surface area (Å²) in [6.07, 6.45) is 2.61. The maximum absolute atomic E-state index is 5.76. The van der Waals surface area contributed by atoms with Crippen molar-refractivity contribution in [2.24, 2.45) is 17.6 Å². The Morgan fingerprint density at radius 3 is 2.77 bits per heavy atom. The van der Waals surface area contributed by atoms with Crippen LogP contribution >= 0.6 is 15.9 Å². The molecule has 1 fully saturated rings. The van der Waals surface area contributed by atoms with Gasteiger partial charge in [0.2, 0.25) is 0 Å². The van der Waals surface area contributed by atoms with Gasteiger partial charge in [-0.05, 0) is 44.7 Å². The normalized spacial score (nSPS) is 28.1. The Balaban J connectivity index is 2.55. The van der Waals surface area contributed by atoms with E-state index >= 15 is 0 Å². The van der Waals surface area contributed by atoms with E-state index in [1.54, 1.807) is 0 Å². The summed E-state index contributed by atoms with van der Waals surface area (Å²) in [4.78, 5) is 0. The lowest BCUT2D eigenvalue weighted by Crippen LogP contribution is -2.33. The van der Waals surface area contributed by atoms with Gasteiger partial charge in [-0.15, -0.1) is 0 Å². The minimum atomic E-state index is 0.554. The Hall–Kier alpha value is -0.0200. The van der Waals surface area contributed by atoms with Crippen molar-refractivity contribution < 1.29 is 0 Å². The van der Waals surface area contributed by atoms with E-state index in [1.807, 2.05) is 6.92 Å². The van der Waals surface area contributed by atoms with Gasteiger partial charge in [-0.1, -0.05) is 22.9 Å². The molecule has 13 heavy (non-hydrogen) atoms. The molecule has 0 aromatic rings. The van der Waals surface area contributed by atoms with E-state index in [0.29, 0.717) is 5.92 Å². The van der Waals surface area contributed by atoms with Gasteiger partial charge in [-0.3, -0.25) is 0 Å². The van der Waals surface area contributed by atoms with Gasteiger partial charge in [0.1, 0.15) is 0 Å². The smallest absolute Gasteiger partial charge is 0.0166 e. The van der Waals surface area contributed by atoms with Crippen molar-refractivity contribution >= 4 is 15.9 Å². The van der Waals surface area contributed by atoms with E-state index in [2.05, 4.69) is 28.2 Å². The van der Waals surface area contributed by atoms with Gasteiger partial charge in [-0.2, -0.15) is 0 Å². The van der Waals surface area contributed by atoms with Crippen molar-refractivity contribution in [1.82, 2.24) is 5.32 Å². The molecule has 1 aliphatic heterocycles. The number of allylic oxidation sites excluding steroid dienone is 2. The van der Waals surface area contributed by atoms with Gasteiger partial charge < -0.3 is 11.1 Å². The Morgan fingerprint density at radius 2 is 2.31 bits per heavy atom. The molecule has 1 saturated heterocycles. The predicted molar refractivity (Wildman–Crippen MR) is 60.6 cm³/mol. The number of nitrogens with one attached hydrogen (secondary N) is 1. The van der Waals surface area contributed by atoms with Crippen LogP contribution in [0.1, 0.15) is 26.7 Å². The fourth-order valence-electron chi connectivity index (χ4n) is 1.87. The maximum atomic E-state index is 5.76. The first-order valence-electron chi connectivity index (χ1n) is 4.95. The highest BCUT2D eigenvalue weighted by atomic mass is 79.9. The van der Waals surface area contributed by atoms with Gasteiger partial charge >= 0.3 is 0 Å². The summed E-state index contributed by atoms with van der Waals surface area (Å²) in [5.74, 6) is 1.29. The Bertz CT molecular complexity index is 191. The van der Waals surface area contributed by atoms with E-state index in [-0.39, 0.29) is 0 Å². The topological polar surface area (TPSA) is 38.0 Å². The van der Waals surface area contributed by atoms with Gasteiger partial charge in [0.25, 0.3) is 0 Å². The van der Waals surface area contributed by atoms with E-state index < -0.39 is 0 Å². The van der Waals surface area contributed by atoms with Crippen molar-refractivity contribution in [1.29, 1.82) is 0 Å². The molecule has 1 aliphatic rings.